The second-order valence-electron chi connectivity index (χ2n) is 9.05. The summed E-state index contributed by atoms with van der Waals surface area (Å²) in [6.45, 7) is 1.01. The molecule has 0 radical (unpaired) electrons. The molecule has 17 heteroatoms. The predicted molar refractivity (Wildman–Crippen MR) is 141 cm³/mol. The number of benzene rings is 1. The number of para-hydroxylation sites is 1. The zero-order valence-electron chi connectivity index (χ0n) is 21.2. The van der Waals surface area contributed by atoms with E-state index >= 15 is 0 Å². The summed E-state index contributed by atoms with van der Waals surface area (Å²) in [7, 11) is 0. The number of ether oxygens (including phenoxy) is 2. The normalized spacial score (nSPS) is 24.9. The summed E-state index contributed by atoms with van der Waals surface area (Å²) in [5.41, 5.74) is 5.31. The Labute approximate surface area is 227 Å². The number of carbonyl (C=O) groups is 1. The van der Waals surface area contributed by atoms with E-state index in [1.165, 1.54) is 6.92 Å². The van der Waals surface area contributed by atoms with E-state index in [-0.39, 0.29) is 12.5 Å². The molecule has 1 aliphatic heterocycles. The lowest BCUT2D eigenvalue weighted by Gasteiger charge is -2.31. The molecule has 0 saturated carbocycles. The molecule has 0 aliphatic carbocycles. The van der Waals surface area contributed by atoms with Crippen molar-refractivity contribution in [1.82, 2.24) is 14.6 Å². The van der Waals surface area contributed by atoms with E-state index in [1.54, 1.807) is 30.3 Å². The van der Waals surface area contributed by atoms with Gasteiger partial charge in [0, 0.05) is 17.2 Å². The van der Waals surface area contributed by atoms with Gasteiger partial charge in [0.1, 0.15) is 24.0 Å². The van der Waals surface area contributed by atoms with Gasteiger partial charge in [-0.15, -0.1) is 0 Å². The zero-order chi connectivity index (χ0) is 28.8. The van der Waals surface area contributed by atoms with Crippen LogP contribution in [0.1, 0.15) is 27.0 Å². The number of carbonyl (C=O) groups excluding carboxylic acids is 1. The highest BCUT2D eigenvalue weighted by Crippen LogP contribution is 2.48. The number of aliphatic hydroxyl groups is 2. The molecule has 6 atom stereocenters. The van der Waals surface area contributed by atoms with Crippen LogP contribution in [0.5, 0.6) is 5.75 Å². The first-order chi connectivity index (χ1) is 18.4. The first kappa shape index (κ1) is 30.5. The second-order valence-corrected chi connectivity index (χ2v) is 12.2. The van der Waals surface area contributed by atoms with Gasteiger partial charge in [0.25, 0.3) is 5.56 Å². The van der Waals surface area contributed by atoms with Gasteiger partial charge in [-0.2, -0.15) is 0 Å². The molecule has 39 heavy (non-hydrogen) atoms. The molecule has 3 rings (SSSR count). The van der Waals surface area contributed by atoms with Crippen LogP contribution in [-0.4, -0.2) is 62.9 Å². The van der Waals surface area contributed by atoms with E-state index in [2.05, 4.69) is 15.1 Å². The molecule has 2 heterocycles. The number of azide groups is 1. The van der Waals surface area contributed by atoms with Crippen molar-refractivity contribution < 1.29 is 33.5 Å². The van der Waals surface area contributed by atoms with Gasteiger partial charge >= 0.3 is 18.3 Å². The largest absolute Gasteiger partial charge is 0.464 e. The maximum absolute atomic E-state index is 12.5. The molecule has 1 fully saturated rings. The lowest BCUT2D eigenvalue weighted by atomic mass is 10.1. The SMILES string of the molecule is CC(C)COC(=O)[C@H](C)NP(=S)(OC[C@@]1(N=[N+]=[N-])O[C@@H](n2ccc(=O)[nH]c2=O)[C@H](O)[C@@H]1O)Oc1ccccc1. The van der Waals surface area contributed by atoms with Gasteiger partial charge in [-0.25, -0.2) is 9.88 Å². The molecule has 15 nitrogen and oxygen atoms in total. The maximum atomic E-state index is 12.5. The van der Waals surface area contributed by atoms with Crippen LogP contribution >= 0.6 is 6.64 Å². The molecular weight excluding hydrogens is 555 g/mol. The molecule has 1 saturated heterocycles. The molecule has 212 valence electrons. The van der Waals surface area contributed by atoms with Gasteiger partial charge < -0.3 is 28.7 Å². The Morgan fingerprint density at radius 1 is 1.31 bits per heavy atom. The van der Waals surface area contributed by atoms with Crippen LogP contribution in [0, 0.1) is 5.92 Å². The number of nitrogens with one attached hydrogen (secondary N) is 2. The average molecular weight is 585 g/mol. The fraction of sp³-hybridized carbons (Fsp3) is 0.500. The predicted octanol–water partition coefficient (Wildman–Crippen LogP) is 1.29. The highest BCUT2D eigenvalue weighted by atomic mass is 32.5. The number of aromatic nitrogens is 2. The van der Waals surface area contributed by atoms with E-state index < -0.39 is 60.7 Å². The van der Waals surface area contributed by atoms with Gasteiger partial charge in [0.15, 0.2) is 6.23 Å². The van der Waals surface area contributed by atoms with Crippen molar-refractivity contribution in [3.05, 3.63) is 73.9 Å². The van der Waals surface area contributed by atoms with Gasteiger partial charge in [-0.1, -0.05) is 37.2 Å². The van der Waals surface area contributed by atoms with Crippen LogP contribution < -0.4 is 20.9 Å². The van der Waals surface area contributed by atoms with E-state index in [0.29, 0.717) is 5.75 Å². The Morgan fingerprint density at radius 2 is 2.00 bits per heavy atom. The standard InChI is InChI=1S/C22H29N6O9PS/c1-13(2)11-34-20(32)14(3)25-38(39,37-15-7-5-4-6-8-15)35-12-22(26-27-23)18(31)17(30)19(36-22)28-10-9-16(29)24-21(28)33/h4-10,13-14,17-19,30-31H,11-12H2,1-3H3,(H,25,39)(H,24,29,33)/t14-,17+,18-,19+,22+,38?/m0/s1. The van der Waals surface area contributed by atoms with E-state index in [1.807, 2.05) is 18.8 Å². The Kier molecular flexibility index (Phi) is 10.0. The minimum absolute atomic E-state index is 0.0973. The summed E-state index contributed by atoms with van der Waals surface area (Å²) >= 11 is 5.63. The second kappa shape index (κ2) is 12.9. The van der Waals surface area contributed by atoms with Crippen molar-refractivity contribution >= 4 is 24.4 Å². The average Bonchev–Trinajstić information content (AvgIpc) is 3.12. The van der Waals surface area contributed by atoms with Crippen LogP contribution in [0.3, 0.4) is 0 Å². The molecule has 4 N–H and O–H groups in total. The highest BCUT2D eigenvalue weighted by molar-refractivity contribution is 8.09. The fourth-order valence-electron chi connectivity index (χ4n) is 3.48. The van der Waals surface area contributed by atoms with Crippen molar-refractivity contribution in [2.45, 2.75) is 51.0 Å². The van der Waals surface area contributed by atoms with Gasteiger partial charge in [0.05, 0.1) is 13.2 Å². The Bertz CT molecular complexity index is 1370. The smallest absolute Gasteiger partial charge is 0.330 e. The number of hydrogen-bond donors (Lipinski definition) is 4. The first-order valence-electron chi connectivity index (χ1n) is 11.7. The number of rotatable bonds is 12. The number of aliphatic hydroxyl groups excluding tert-OH is 2. The summed E-state index contributed by atoms with van der Waals surface area (Å²) < 4.78 is 23.5. The molecule has 0 amide bonds. The lowest BCUT2D eigenvalue weighted by Crippen LogP contribution is -2.45. The number of hydrogen-bond acceptors (Lipinski definition) is 11. The maximum Gasteiger partial charge on any atom is 0.330 e. The summed E-state index contributed by atoms with van der Waals surface area (Å²) in [5.74, 6) is -0.229. The Hall–Kier alpha value is -3.07. The Balaban J connectivity index is 1.89. The monoisotopic (exact) mass is 584 g/mol. The molecule has 0 bridgehead atoms. The topological polar surface area (TPSA) is 210 Å². The summed E-state index contributed by atoms with van der Waals surface area (Å²) in [6, 6.07) is 8.33. The quantitative estimate of drug-likeness (QED) is 0.0918. The van der Waals surface area contributed by atoms with Gasteiger partial charge in [-0.3, -0.25) is 19.1 Å². The number of H-pyrrole nitrogens is 1. The third kappa shape index (κ3) is 7.53. The van der Waals surface area contributed by atoms with Crippen LogP contribution in [0.15, 0.2) is 57.3 Å². The summed E-state index contributed by atoms with van der Waals surface area (Å²) in [4.78, 5) is 40.9. The highest BCUT2D eigenvalue weighted by Gasteiger charge is 2.56. The van der Waals surface area contributed by atoms with E-state index in [0.717, 1.165) is 16.8 Å². The Morgan fingerprint density at radius 3 is 2.62 bits per heavy atom. The molecular formula is C22H29N6O9PS. The van der Waals surface area contributed by atoms with Crippen LogP contribution in [0.2, 0.25) is 0 Å². The summed E-state index contributed by atoms with van der Waals surface area (Å²) in [6.07, 6.45) is -4.20. The first-order valence-corrected chi connectivity index (χ1v) is 14.4. The minimum Gasteiger partial charge on any atom is -0.464 e. The molecule has 1 unspecified atom stereocenters. The van der Waals surface area contributed by atoms with E-state index in [9.17, 15) is 30.1 Å². The minimum atomic E-state index is -3.66. The molecule has 0 spiro atoms. The van der Waals surface area contributed by atoms with Crippen molar-refractivity contribution in [2.75, 3.05) is 13.2 Å². The van der Waals surface area contributed by atoms with Crippen molar-refractivity contribution in [3.8, 4) is 5.75 Å². The third-order valence-corrected chi connectivity index (χ3v) is 7.90. The van der Waals surface area contributed by atoms with E-state index in [4.69, 9.17) is 30.3 Å². The third-order valence-electron chi connectivity index (χ3n) is 5.42. The van der Waals surface area contributed by atoms with Crippen LogP contribution in [0.25, 0.3) is 10.4 Å². The molecule has 1 aliphatic rings. The number of aromatic amines is 1. The van der Waals surface area contributed by atoms with Crippen LogP contribution in [0.4, 0.5) is 0 Å². The van der Waals surface area contributed by atoms with Crippen molar-refractivity contribution in [1.29, 1.82) is 0 Å². The zero-order valence-corrected chi connectivity index (χ0v) is 22.9. The molecule has 1 aromatic heterocycles. The van der Waals surface area contributed by atoms with Crippen molar-refractivity contribution in [2.24, 2.45) is 11.0 Å². The fourth-order valence-corrected chi connectivity index (χ4v) is 5.88. The number of nitrogens with zero attached hydrogens (tertiary/aromatic N) is 4. The van der Waals surface area contributed by atoms with Gasteiger partial charge in [-0.05, 0) is 42.3 Å². The van der Waals surface area contributed by atoms with Crippen LogP contribution in [-0.2, 0) is 30.6 Å². The summed E-state index contributed by atoms with van der Waals surface area (Å²) in [5, 5.41) is 27.8. The number of esters is 1. The molecule has 1 aromatic carbocycles. The molecule has 2 aromatic rings. The van der Waals surface area contributed by atoms with Gasteiger partial charge in [0.2, 0.25) is 5.72 Å². The van der Waals surface area contributed by atoms with Crippen molar-refractivity contribution in [3.63, 3.8) is 0 Å². The lowest BCUT2D eigenvalue weighted by molar-refractivity contribution is -0.146.